The predicted octanol–water partition coefficient (Wildman–Crippen LogP) is 2.83. The SMILES string of the molecule is CC(OCC1CCCO1)C(=O)Nc1ccc(OCC(=O)O)c2ccccc12. The van der Waals surface area contributed by atoms with E-state index in [1.807, 2.05) is 24.3 Å². The Bertz CT molecular complexity index is 815. The van der Waals surface area contributed by atoms with Gasteiger partial charge in [0.2, 0.25) is 0 Å². The van der Waals surface area contributed by atoms with E-state index >= 15 is 0 Å². The fourth-order valence-corrected chi connectivity index (χ4v) is 2.98. The summed E-state index contributed by atoms with van der Waals surface area (Å²) in [4.78, 5) is 23.2. The number of nitrogens with one attached hydrogen (secondary N) is 1. The van der Waals surface area contributed by atoms with Crippen LogP contribution < -0.4 is 10.1 Å². The van der Waals surface area contributed by atoms with Crippen LogP contribution in [0.1, 0.15) is 19.8 Å². The van der Waals surface area contributed by atoms with E-state index in [1.54, 1.807) is 19.1 Å². The molecule has 7 heteroatoms. The first kappa shape index (κ1) is 19.1. The largest absolute Gasteiger partial charge is 0.481 e. The summed E-state index contributed by atoms with van der Waals surface area (Å²) in [6, 6.07) is 10.7. The smallest absolute Gasteiger partial charge is 0.341 e. The zero-order chi connectivity index (χ0) is 19.2. The fourth-order valence-electron chi connectivity index (χ4n) is 2.98. The van der Waals surface area contributed by atoms with E-state index in [1.165, 1.54) is 0 Å². The number of hydrogen-bond donors (Lipinski definition) is 2. The Morgan fingerprint density at radius 2 is 2.04 bits per heavy atom. The lowest BCUT2D eigenvalue weighted by atomic mass is 10.1. The number of rotatable bonds is 8. The van der Waals surface area contributed by atoms with Crippen molar-refractivity contribution >= 4 is 28.3 Å². The Hall–Kier alpha value is -2.64. The second kappa shape index (κ2) is 8.83. The minimum absolute atomic E-state index is 0.0618. The second-order valence-electron chi connectivity index (χ2n) is 6.44. The zero-order valence-electron chi connectivity index (χ0n) is 15.1. The summed E-state index contributed by atoms with van der Waals surface area (Å²) < 4.78 is 16.5. The molecule has 0 radical (unpaired) electrons. The van der Waals surface area contributed by atoms with Crippen molar-refractivity contribution in [3.05, 3.63) is 36.4 Å². The number of benzene rings is 2. The second-order valence-corrected chi connectivity index (χ2v) is 6.44. The lowest BCUT2D eigenvalue weighted by molar-refractivity contribution is -0.139. The van der Waals surface area contributed by atoms with Crippen LogP contribution in [0.4, 0.5) is 5.69 Å². The van der Waals surface area contributed by atoms with E-state index in [9.17, 15) is 9.59 Å². The van der Waals surface area contributed by atoms with Gasteiger partial charge in [-0.1, -0.05) is 24.3 Å². The maximum absolute atomic E-state index is 12.5. The van der Waals surface area contributed by atoms with Crippen molar-refractivity contribution in [1.82, 2.24) is 0 Å². The lowest BCUT2D eigenvalue weighted by Crippen LogP contribution is -2.30. The van der Waals surface area contributed by atoms with Crippen LogP contribution in [0, 0.1) is 0 Å². The molecule has 144 valence electrons. The molecular formula is C20H23NO6. The van der Waals surface area contributed by atoms with E-state index < -0.39 is 18.7 Å². The minimum Gasteiger partial charge on any atom is -0.481 e. The van der Waals surface area contributed by atoms with Gasteiger partial charge in [-0.15, -0.1) is 0 Å². The van der Waals surface area contributed by atoms with Gasteiger partial charge in [0.1, 0.15) is 11.9 Å². The highest BCUT2D eigenvalue weighted by Gasteiger charge is 2.20. The summed E-state index contributed by atoms with van der Waals surface area (Å²) in [6.45, 7) is 2.43. The highest BCUT2D eigenvalue weighted by atomic mass is 16.5. The van der Waals surface area contributed by atoms with Crippen molar-refractivity contribution in [1.29, 1.82) is 0 Å². The van der Waals surface area contributed by atoms with E-state index in [4.69, 9.17) is 19.3 Å². The van der Waals surface area contributed by atoms with Crippen LogP contribution in [-0.4, -0.2) is 49.0 Å². The summed E-state index contributed by atoms with van der Waals surface area (Å²) in [7, 11) is 0. The monoisotopic (exact) mass is 373 g/mol. The molecule has 1 fully saturated rings. The van der Waals surface area contributed by atoms with Gasteiger partial charge in [-0.3, -0.25) is 4.79 Å². The molecule has 0 saturated carbocycles. The fraction of sp³-hybridized carbons (Fsp3) is 0.400. The molecule has 0 spiro atoms. The molecule has 1 heterocycles. The van der Waals surface area contributed by atoms with Gasteiger partial charge in [-0.25, -0.2) is 4.79 Å². The predicted molar refractivity (Wildman–Crippen MR) is 100 cm³/mol. The molecule has 1 aliphatic heterocycles. The van der Waals surface area contributed by atoms with E-state index in [0.717, 1.165) is 30.2 Å². The number of carboxylic acid groups (broad SMARTS) is 1. The molecule has 2 aromatic carbocycles. The summed E-state index contributed by atoms with van der Waals surface area (Å²) in [5.74, 6) is -0.847. The molecule has 1 saturated heterocycles. The normalized spacial score (nSPS) is 17.6. The number of amides is 1. The van der Waals surface area contributed by atoms with Gasteiger partial charge in [0, 0.05) is 23.1 Å². The number of fused-ring (bicyclic) bond motifs is 1. The molecule has 7 nitrogen and oxygen atoms in total. The number of ether oxygens (including phenoxy) is 3. The lowest BCUT2D eigenvalue weighted by Gasteiger charge is -2.17. The Kier molecular flexibility index (Phi) is 6.26. The van der Waals surface area contributed by atoms with Gasteiger partial charge in [-0.2, -0.15) is 0 Å². The van der Waals surface area contributed by atoms with E-state index in [2.05, 4.69) is 5.32 Å². The average Bonchev–Trinajstić information content (AvgIpc) is 3.19. The van der Waals surface area contributed by atoms with Crippen molar-refractivity contribution in [2.24, 2.45) is 0 Å². The van der Waals surface area contributed by atoms with Crippen LogP contribution in [0.3, 0.4) is 0 Å². The highest BCUT2D eigenvalue weighted by Crippen LogP contribution is 2.31. The van der Waals surface area contributed by atoms with Crippen molar-refractivity contribution in [3.63, 3.8) is 0 Å². The molecule has 2 atom stereocenters. The van der Waals surface area contributed by atoms with Crippen LogP contribution in [0.5, 0.6) is 5.75 Å². The van der Waals surface area contributed by atoms with Crippen LogP contribution >= 0.6 is 0 Å². The number of anilines is 1. The summed E-state index contributed by atoms with van der Waals surface area (Å²) in [5, 5.41) is 13.2. The van der Waals surface area contributed by atoms with Gasteiger partial charge in [0.25, 0.3) is 5.91 Å². The standard InChI is InChI=1S/C20H23NO6/c1-13(26-11-14-5-4-10-25-14)20(24)21-17-8-9-18(27-12-19(22)23)16-7-3-2-6-15(16)17/h2-3,6-9,13-14H,4-5,10-12H2,1H3,(H,21,24)(H,22,23). The maximum atomic E-state index is 12.5. The van der Waals surface area contributed by atoms with Crippen molar-refractivity contribution in [2.75, 3.05) is 25.1 Å². The molecule has 1 aliphatic rings. The third-order valence-corrected chi connectivity index (χ3v) is 4.42. The molecule has 0 aromatic heterocycles. The van der Waals surface area contributed by atoms with Gasteiger partial charge < -0.3 is 24.6 Å². The first-order valence-corrected chi connectivity index (χ1v) is 8.95. The molecule has 2 N–H and O–H groups in total. The van der Waals surface area contributed by atoms with Gasteiger partial charge in [-0.05, 0) is 31.9 Å². The Balaban J connectivity index is 1.69. The van der Waals surface area contributed by atoms with Crippen LogP contribution in [-0.2, 0) is 19.1 Å². The Morgan fingerprint density at radius 1 is 1.26 bits per heavy atom. The minimum atomic E-state index is -1.05. The summed E-state index contributed by atoms with van der Waals surface area (Å²) >= 11 is 0. The van der Waals surface area contributed by atoms with Crippen LogP contribution in [0.25, 0.3) is 10.8 Å². The van der Waals surface area contributed by atoms with Crippen LogP contribution in [0.2, 0.25) is 0 Å². The number of aliphatic carboxylic acids is 1. The van der Waals surface area contributed by atoms with E-state index in [-0.39, 0.29) is 12.0 Å². The Labute approximate surface area is 157 Å². The summed E-state index contributed by atoms with van der Waals surface area (Å²) in [6.07, 6.45) is 1.43. The van der Waals surface area contributed by atoms with Crippen molar-refractivity contribution in [3.8, 4) is 5.75 Å². The molecule has 1 amide bonds. The van der Waals surface area contributed by atoms with Gasteiger partial charge in [0.05, 0.1) is 12.7 Å². The average molecular weight is 373 g/mol. The Morgan fingerprint density at radius 3 is 2.74 bits per heavy atom. The number of hydrogen-bond acceptors (Lipinski definition) is 5. The molecule has 0 bridgehead atoms. The quantitative estimate of drug-likeness (QED) is 0.739. The number of carbonyl (C=O) groups is 2. The molecule has 2 unspecified atom stereocenters. The zero-order valence-corrected chi connectivity index (χ0v) is 15.1. The van der Waals surface area contributed by atoms with Gasteiger partial charge in [0.15, 0.2) is 6.61 Å². The number of carbonyl (C=O) groups excluding carboxylic acids is 1. The molecule has 27 heavy (non-hydrogen) atoms. The van der Waals surface area contributed by atoms with Crippen molar-refractivity contribution < 1.29 is 28.9 Å². The molecule has 2 aromatic rings. The number of carboxylic acids is 1. The highest BCUT2D eigenvalue weighted by molar-refractivity contribution is 6.05. The first-order valence-electron chi connectivity index (χ1n) is 8.95. The molecule has 0 aliphatic carbocycles. The summed E-state index contributed by atoms with van der Waals surface area (Å²) in [5.41, 5.74) is 0.617. The van der Waals surface area contributed by atoms with E-state index in [0.29, 0.717) is 18.0 Å². The topological polar surface area (TPSA) is 94.1 Å². The third kappa shape index (κ3) is 4.96. The maximum Gasteiger partial charge on any atom is 0.341 e. The molecular weight excluding hydrogens is 350 g/mol. The molecule has 3 rings (SSSR count). The van der Waals surface area contributed by atoms with Crippen LogP contribution in [0.15, 0.2) is 36.4 Å². The van der Waals surface area contributed by atoms with Gasteiger partial charge >= 0.3 is 5.97 Å². The van der Waals surface area contributed by atoms with Crippen molar-refractivity contribution in [2.45, 2.75) is 32.0 Å². The third-order valence-electron chi connectivity index (χ3n) is 4.42. The first-order chi connectivity index (χ1) is 13.0.